The molecule has 0 aromatic carbocycles. The third-order valence-corrected chi connectivity index (χ3v) is 6.99. The van der Waals surface area contributed by atoms with Crippen LogP contribution < -0.4 is 0 Å². The Bertz CT molecular complexity index is 498. The Labute approximate surface area is 129 Å². The van der Waals surface area contributed by atoms with Crippen molar-refractivity contribution in [2.24, 2.45) is 29.6 Å². The Balaban J connectivity index is 1.56. The van der Waals surface area contributed by atoms with Crippen molar-refractivity contribution in [3.05, 3.63) is 35.6 Å². The van der Waals surface area contributed by atoms with Crippen LogP contribution in [0, 0.1) is 29.6 Å². The summed E-state index contributed by atoms with van der Waals surface area (Å²) in [5.74, 6) is 5.84. The van der Waals surface area contributed by atoms with Gasteiger partial charge < -0.3 is 4.74 Å². The Morgan fingerprint density at radius 3 is 2.76 bits per heavy atom. The van der Waals surface area contributed by atoms with Crippen molar-refractivity contribution in [3.63, 3.8) is 0 Å². The van der Waals surface area contributed by atoms with Gasteiger partial charge in [0.25, 0.3) is 0 Å². The lowest BCUT2D eigenvalue weighted by molar-refractivity contribution is 0.101. The zero-order chi connectivity index (χ0) is 14.4. The molecule has 114 valence electrons. The van der Waals surface area contributed by atoms with Gasteiger partial charge in [-0.3, -0.25) is 0 Å². The fraction of sp³-hybridized carbons (Fsp3) is 0.700. The van der Waals surface area contributed by atoms with Crippen LogP contribution in [0.15, 0.2) is 35.6 Å². The Morgan fingerprint density at radius 1 is 1.10 bits per heavy atom. The van der Waals surface area contributed by atoms with Crippen LogP contribution in [0.2, 0.25) is 0 Å². The van der Waals surface area contributed by atoms with Crippen molar-refractivity contribution in [2.45, 2.75) is 51.4 Å². The second kappa shape index (κ2) is 5.34. The SMILES string of the molecule is C=C[C@H]1CCC2C3CCC4=C(CC=C(OC)C4)C3CCC21. The predicted octanol–water partition coefficient (Wildman–Crippen LogP) is 5.26. The van der Waals surface area contributed by atoms with E-state index in [2.05, 4.69) is 18.7 Å². The molecule has 0 aliphatic heterocycles. The average molecular weight is 284 g/mol. The van der Waals surface area contributed by atoms with Gasteiger partial charge in [0.2, 0.25) is 0 Å². The number of rotatable bonds is 2. The zero-order valence-electron chi connectivity index (χ0n) is 13.3. The van der Waals surface area contributed by atoms with Crippen molar-refractivity contribution < 1.29 is 4.74 Å². The minimum atomic E-state index is 0.817. The second-order valence-electron chi connectivity index (χ2n) is 7.58. The number of hydrogen-bond acceptors (Lipinski definition) is 1. The Morgan fingerprint density at radius 2 is 1.95 bits per heavy atom. The highest BCUT2D eigenvalue weighted by Crippen LogP contribution is 2.57. The lowest BCUT2D eigenvalue weighted by atomic mass is 9.59. The van der Waals surface area contributed by atoms with Gasteiger partial charge in [-0.25, -0.2) is 0 Å². The normalized spacial score (nSPS) is 41.8. The Kier molecular flexibility index (Phi) is 3.47. The molecule has 0 N–H and O–H groups in total. The van der Waals surface area contributed by atoms with Crippen molar-refractivity contribution >= 4 is 0 Å². The molecular weight excluding hydrogens is 256 g/mol. The van der Waals surface area contributed by atoms with Crippen LogP contribution >= 0.6 is 0 Å². The first-order valence-electron chi connectivity index (χ1n) is 8.88. The number of methoxy groups -OCH3 is 1. The second-order valence-corrected chi connectivity index (χ2v) is 7.58. The van der Waals surface area contributed by atoms with E-state index < -0.39 is 0 Å². The first-order valence-corrected chi connectivity index (χ1v) is 8.88. The molecule has 21 heavy (non-hydrogen) atoms. The largest absolute Gasteiger partial charge is 0.501 e. The average Bonchev–Trinajstić information content (AvgIpc) is 2.97. The summed E-state index contributed by atoms with van der Waals surface area (Å²) in [6.45, 7) is 4.09. The van der Waals surface area contributed by atoms with Gasteiger partial charge in [-0.15, -0.1) is 6.58 Å². The van der Waals surface area contributed by atoms with Crippen molar-refractivity contribution in [3.8, 4) is 0 Å². The minimum Gasteiger partial charge on any atom is -0.501 e. The molecule has 0 saturated heterocycles. The highest BCUT2D eigenvalue weighted by Gasteiger charge is 2.47. The summed E-state index contributed by atoms with van der Waals surface area (Å²) in [4.78, 5) is 0. The molecule has 0 spiro atoms. The number of fused-ring (bicyclic) bond motifs is 4. The molecule has 0 bridgehead atoms. The summed E-state index contributed by atoms with van der Waals surface area (Å²) in [6, 6.07) is 0. The summed E-state index contributed by atoms with van der Waals surface area (Å²) < 4.78 is 5.49. The van der Waals surface area contributed by atoms with Crippen LogP contribution in [0.4, 0.5) is 0 Å². The van der Waals surface area contributed by atoms with E-state index in [1.165, 1.54) is 50.7 Å². The van der Waals surface area contributed by atoms with Gasteiger partial charge in [0.1, 0.15) is 0 Å². The standard InChI is InChI=1S/C20H28O/c1-3-13-4-7-18-16(13)10-11-19-17-9-6-15(21-2)12-14(17)5-8-20(18)19/h3,6,13,16,18-20H,1,4-5,7-12H2,2H3/t13-,16?,18?,19?,20?/m0/s1. The lowest BCUT2D eigenvalue weighted by Gasteiger charge is -2.46. The summed E-state index contributed by atoms with van der Waals surface area (Å²) in [7, 11) is 1.82. The number of hydrogen-bond donors (Lipinski definition) is 0. The fourth-order valence-electron chi connectivity index (χ4n) is 6.04. The number of allylic oxidation sites excluding steroid dienone is 4. The quantitative estimate of drug-likeness (QED) is 0.629. The highest BCUT2D eigenvalue weighted by atomic mass is 16.5. The van der Waals surface area contributed by atoms with Crippen LogP contribution in [0.25, 0.3) is 0 Å². The smallest absolute Gasteiger partial charge is 0.0959 e. The van der Waals surface area contributed by atoms with Crippen LogP contribution in [0.5, 0.6) is 0 Å². The summed E-state index contributed by atoms with van der Waals surface area (Å²) in [5, 5.41) is 0. The topological polar surface area (TPSA) is 9.23 Å². The molecule has 4 rings (SSSR count). The molecule has 5 atom stereocenters. The molecule has 1 heteroatoms. The minimum absolute atomic E-state index is 0.817. The van der Waals surface area contributed by atoms with E-state index in [1.807, 2.05) is 12.7 Å². The molecule has 2 saturated carbocycles. The van der Waals surface area contributed by atoms with E-state index in [9.17, 15) is 0 Å². The summed E-state index contributed by atoms with van der Waals surface area (Å²) in [6.07, 6.45) is 15.4. The molecule has 0 amide bonds. The van der Waals surface area contributed by atoms with Crippen LogP contribution in [-0.2, 0) is 4.74 Å². The highest BCUT2D eigenvalue weighted by molar-refractivity contribution is 5.32. The molecule has 0 heterocycles. The zero-order valence-corrected chi connectivity index (χ0v) is 13.3. The molecule has 0 aromatic rings. The van der Waals surface area contributed by atoms with E-state index in [-0.39, 0.29) is 0 Å². The molecule has 4 aliphatic carbocycles. The molecule has 1 nitrogen and oxygen atoms in total. The van der Waals surface area contributed by atoms with E-state index in [4.69, 9.17) is 4.74 Å². The number of ether oxygens (including phenoxy) is 1. The molecule has 4 aliphatic rings. The van der Waals surface area contributed by atoms with Gasteiger partial charge in [-0.05, 0) is 80.6 Å². The molecule has 0 radical (unpaired) electrons. The molecule has 2 fully saturated rings. The fourth-order valence-corrected chi connectivity index (χ4v) is 6.04. The maximum absolute atomic E-state index is 5.49. The third kappa shape index (κ3) is 2.12. The van der Waals surface area contributed by atoms with Gasteiger partial charge >= 0.3 is 0 Å². The van der Waals surface area contributed by atoms with Gasteiger partial charge in [0.15, 0.2) is 0 Å². The van der Waals surface area contributed by atoms with E-state index in [0.717, 1.165) is 36.0 Å². The lowest BCUT2D eigenvalue weighted by Crippen LogP contribution is -2.37. The van der Waals surface area contributed by atoms with Crippen molar-refractivity contribution in [2.75, 3.05) is 7.11 Å². The van der Waals surface area contributed by atoms with Gasteiger partial charge in [0, 0.05) is 6.42 Å². The summed E-state index contributed by atoms with van der Waals surface area (Å²) in [5.41, 5.74) is 3.54. The monoisotopic (exact) mass is 284 g/mol. The molecule has 4 unspecified atom stereocenters. The maximum atomic E-state index is 5.49. The molecule has 0 aromatic heterocycles. The van der Waals surface area contributed by atoms with Crippen LogP contribution in [0.1, 0.15) is 51.4 Å². The summed E-state index contributed by atoms with van der Waals surface area (Å²) >= 11 is 0. The van der Waals surface area contributed by atoms with E-state index in [0.29, 0.717) is 0 Å². The maximum Gasteiger partial charge on any atom is 0.0959 e. The predicted molar refractivity (Wildman–Crippen MR) is 86.7 cm³/mol. The van der Waals surface area contributed by atoms with Gasteiger partial charge in [-0.2, -0.15) is 0 Å². The van der Waals surface area contributed by atoms with Crippen molar-refractivity contribution in [1.82, 2.24) is 0 Å². The van der Waals surface area contributed by atoms with E-state index >= 15 is 0 Å². The van der Waals surface area contributed by atoms with E-state index in [1.54, 1.807) is 5.57 Å². The van der Waals surface area contributed by atoms with Crippen LogP contribution in [0.3, 0.4) is 0 Å². The van der Waals surface area contributed by atoms with Gasteiger partial charge in [0.05, 0.1) is 12.9 Å². The molecular formula is C20H28O. The first-order chi connectivity index (χ1) is 10.3. The third-order valence-electron chi connectivity index (χ3n) is 6.99. The van der Waals surface area contributed by atoms with Crippen molar-refractivity contribution in [1.29, 1.82) is 0 Å². The Hall–Kier alpha value is -0.980. The first kappa shape index (κ1) is 13.7. The van der Waals surface area contributed by atoms with Crippen LogP contribution in [-0.4, -0.2) is 7.11 Å². The van der Waals surface area contributed by atoms with Gasteiger partial charge in [-0.1, -0.05) is 17.2 Å².